The van der Waals surface area contributed by atoms with Crippen LogP contribution >= 0.6 is 11.3 Å². The Hall–Kier alpha value is -2.16. The number of nitrogens with zero attached hydrogens (tertiary/aromatic N) is 3. The molecule has 9 heteroatoms. The zero-order valence-electron chi connectivity index (χ0n) is 12.1. The maximum absolute atomic E-state index is 11.4. The number of carboxylic acid groups (broad SMARTS) is 1. The molecule has 0 fully saturated rings. The first-order valence-corrected chi connectivity index (χ1v) is 7.07. The first-order valence-electron chi connectivity index (χ1n) is 6.19. The molecule has 0 aliphatic carbocycles. The van der Waals surface area contributed by atoms with Crippen molar-refractivity contribution in [2.75, 3.05) is 5.32 Å². The Balaban J connectivity index is 2.48. The SMILES string of the molecule is CC(C)(Nc1nc2sccn2c1[N+](=O)[O-])C(C)(C)C(=O)O. The van der Waals surface area contributed by atoms with E-state index in [1.807, 2.05) is 0 Å². The number of hydrogen-bond acceptors (Lipinski definition) is 6. The van der Waals surface area contributed by atoms with Gasteiger partial charge in [0.25, 0.3) is 4.96 Å². The molecule has 2 aromatic heterocycles. The van der Waals surface area contributed by atoms with E-state index in [1.54, 1.807) is 39.3 Å². The van der Waals surface area contributed by atoms with Crippen LogP contribution in [0.25, 0.3) is 4.96 Å². The maximum Gasteiger partial charge on any atom is 0.372 e. The summed E-state index contributed by atoms with van der Waals surface area (Å²) in [6.45, 7) is 6.48. The van der Waals surface area contributed by atoms with Gasteiger partial charge in [-0.3, -0.25) is 4.79 Å². The number of carboxylic acids is 1. The maximum atomic E-state index is 11.4. The Morgan fingerprint density at radius 1 is 1.48 bits per heavy atom. The van der Waals surface area contributed by atoms with Crippen molar-refractivity contribution in [3.8, 4) is 0 Å². The average Bonchev–Trinajstić information content (AvgIpc) is 2.86. The van der Waals surface area contributed by atoms with Crippen molar-refractivity contribution < 1.29 is 14.8 Å². The van der Waals surface area contributed by atoms with Gasteiger partial charge in [-0.05, 0) is 32.6 Å². The van der Waals surface area contributed by atoms with Crippen molar-refractivity contribution in [1.29, 1.82) is 0 Å². The number of nitro groups is 1. The highest BCUT2D eigenvalue weighted by Gasteiger charge is 2.45. The molecule has 21 heavy (non-hydrogen) atoms. The summed E-state index contributed by atoms with van der Waals surface area (Å²) in [4.78, 5) is 26.8. The van der Waals surface area contributed by atoms with E-state index in [9.17, 15) is 20.0 Å². The minimum Gasteiger partial charge on any atom is -0.481 e. The van der Waals surface area contributed by atoms with E-state index in [4.69, 9.17) is 0 Å². The minimum absolute atomic E-state index is 0.0752. The molecule has 0 aliphatic rings. The molecule has 0 unspecified atom stereocenters. The van der Waals surface area contributed by atoms with E-state index in [0.29, 0.717) is 4.96 Å². The van der Waals surface area contributed by atoms with Crippen LogP contribution in [0.2, 0.25) is 0 Å². The summed E-state index contributed by atoms with van der Waals surface area (Å²) in [5.74, 6) is -1.12. The second kappa shape index (κ2) is 4.69. The van der Waals surface area contributed by atoms with Crippen LogP contribution in [-0.4, -0.2) is 30.9 Å². The van der Waals surface area contributed by atoms with Crippen LogP contribution in [0.1, 0.15) is 27.7 Å². The molecule has 2 aromatic rings. The molecule has 0 saturated carbocycles. The molecule has 0 aliphatic heterocycles. The van der Waals surface area contributed by atoms with Crippen LogP contribution in [0.5, 0.6) is 0 Å². The highest BCUT2D eigenvalue weighted by atomic mass is 32.1. The summed E-state index contributed by atoms with van der Waals surface area (Å²) in [6.07, 6.45) is 1.56. The second-order valence-corrected chi connectivity index (χ2v) is 6.65. The summed E-state index contributed by atoms with van der Waals surface area (Å²) >= 11 is 1.27. The van der Waals surface area contributed by atoms with E-state index in [0.717, 1.165) is 0 Å². The molecule has 8 nitrogen and oxygen atoms in total. The van der Waals surface area contributed by atoms with Crippen molar-refractivity contribution in [3.63, 3.8) is 0 Å². The summed E-state index contributed by atoms with van der Waals surface area (Å²) in [5.41, 5.74) is -2.08. The highest BCUT2D eigenvalue weighted by Crippen LogP contribution is 2.37. The fraction of sp³-hybridized carbons (Fsp3) is 0.500. The van der Waals surface area contributed by atoms with Gasteiger partial charge in [0, 0.05) is 10.9 Å². The Bertz CT molecular complexity index is 716. The van der Waals surface area contributed by atoms with Gasteiger partial charge in [0.1, 0.15) is 6.20 Å². The van der Waals surface area contributed by atoms with Crippen LogP contribution in [0, 0.1) is 15.5 Å². The first-order chi connectivity index (χ1) is 9.58. The van der Waals surface area contributed by atoms with Gasteiger partial charge in [-0.2, -0.15) is 9.38 Å². The molecule has 0 spiro atoms. The predicted octanol–water partition coefficient (Wildman–Crippen LogP) is 2.61. The van der Waals surface area contributed by atoms with Gasteiger partial charge in [0.05, 0.1) is 5.41 Å². The Morgan fingerprint density at radius 2 is 2.10 bits per heavy atom. The van der Waals surface area contributed by atoms with E-state index < -0.39 is 21.8 Å². The Kier molecular flexibility index (Phi) is 3.40. The molecule has 0 bridgehead atoms. The number of aliphatic carboxylic acids is 1. The first kappa shape index (κ1) is 15.2. The normalized spacial score (nSPS) is 12.6. The van der Waals surface area contributed by atoms with Crippen LogP contribution in [0.15, 0.2) is 11.6 Å². The summed E-state index contributed by atoms with van der Waals surface area (Å²) in [5, 5.41) is 25.2. The van der Waals surface area contributed by atoms with Crippen molar-refractivity contribution >= 4 is 33.9 Å². The zero-order chi connectivity index (χ0) is 16.0. The molecule has 0 atom stereocenters. The fourth-order valence-corrected chi connectivity index (χ4v) is 2.46. The van der Waals surface area contributed by atoms with Crippen molar-refractivity contribution in [3.05, 3.63) is 21.7 Å². The van der Waals surface area contributed by atoms with E-state index >= 15 is 0 Å². The minimum atomic E-state index is -1.14. The van der Waals surface area contributed by atoms with Gasteiger partial charge in [-0.25, -0.2) is 0 Å². The number of hydrogen-bond donors (Lipinski definition) is 2. The molecule has 2 heterocycles. The van der Waals surface area contributed by atoms with E-state index in [1.165, 1.54) is 15.7 Å². The zero-order valence-corrected chi connectivity index (χ0v) is 12.9. The lowest BCUT2D eigenvalue weighted by Crippen LogP contribution is -2.50. The van der Waals surface area contributed by atoms with Gasteiger partial charge < -0.3 is 20.5 Å². The van der Waals surface area contributed by atoms with E-state index in [-0.39, 0.29) is 11.6 Å². The third kappa shape index (κ3) is 2.33. The third-order valence-corrected chi connectivity index (χ3v) is 4.69. The number of anilines is 1. The summed E-state index contributed by atoms with van der Waals surface area (Å²) in [7, 11) is 0. The average molecular weight is 312 g/mol. The number of nitrogens with one attached hydrogen (secondary N) is 1. The number of imidazole rings is 1. The number of rotatable bonds is 5. The number of aromatic nitrogens is 2. The summed E-state index contributed by atoms with van der Waals surface area (Å²) in [6, 6.07) is 0. The largest absolute Gasteiger partial charge is 0.481 e. The fourth-order valence-electron chi connectivity index (χ4n) is 1.75. The monoisotopic (exact) mass is 312 g/mol. The van der Waals surface area contributed by atoms with Crippen LogP contribution in [0.3, 0.4) is 0 Å². The predicted molar refractivity (Wildman–Crippen MR) is 78.8 cm³/mol. The van der Waals surface area contributed by atoms with Crippen molar-refractivity contribution in [2.24, 2.45) is 5.41 Å². The van der Waals surface area contributed by atoms with Gasteiger partial charge in [0.15, 0.2) is 0 Å². The van der Waals surface area contributed by atoms with Gasteiger partial charge in [-0.1, -0.05) is 11.3 Å². The third-order valence-electron chi connectivity index (χ3n) is 3.94. The molecule has 0 amide bonds. The van der Waals surface area contributed by atoms with Gasteiger partial charge in [-0.15, -0.1) is 0 Å². The Morgan fingerprint density at radius 3 is 2.62 bits per heavy atom. The molecule has 2 rings (SSSR count). The van der Waals surface area contributed by atoms with Gasteiger partial charge >= 0.3 is 11.8 Å². The molecule has 0 saturated heterocycles. The molecule has 114 valence electrons. The lowest BCUT2D eigenvalue weighted by molar-refractivity contribution is -0.389. The quantitative estimate of drug-likeness (QED) is 0.648. The highest BCUT2D eigenvalue weighted by molar-refractivity contribution is 7.15. The topological polar surface area (TPSA) is 110 Å². The number of carbonyl (C=O) groups is 1. The number of fused-ring (bicyclic) bond motifs is 1. The van der Waals surface area contributed by atoms with Crippen LogP contribution < -0.4 is 5.32 Å². The summed E-state index contributed by atoms with van der Waals surface area (Å²) < 4.78 is 1.37. The molecule has 0 aromatic carbocycles. The molecular weight excluding hydrogens is 296 g/mol. The van der Waals surface area contributed by atoms with Crippen LogP contribution in [0.4, 0.5) is 11.6 Å². The molecular formula is C12H16N4O4S. The molecule has 2 N–H and O–H groups in total. The molecule has 0 radical (unpaired) electrons. The smallest absolute Gasteiger partial charge is 0.372 e. The number of thiazole rings is 1. The van der Waals surface area contributed by atoms with Gasteiger partial charge in [0.2, 0.25) is 5.82 Å². The van der Waals surface area contributed by atoms with E-state index in [2.05, 4.69) is 10.3 Å². The Labute approximate surface area is 124 Å². The van der Waals surface area contributed by atoms with Crippen molar-refractivity contribution in [2.45, 2.75) is 33.2 Å². The lowest BCUT2D eigenvalue weighted by atomic mass is 9.74. The standard InChI is InChI=1S/C12H16N4O4S/c1-11(2,9(17)18)12(3,4)14-7-8(16(19)20)15-5-6-21-10(15)13-7/h5-6,14H,1-4H3,(H,17,18). The van der Waals surface area contributed by atoms with Crippen molar-refractivity contribution in [1.82, 2.24) is 9.38 Å². The lowest BCUT2D eigenvalue weighted by Gasteiger charge is -2.38. The van der Waals surface area contributed by atoms with Crippen LogP contribution in [-0.2, 0) is 4.79 Å². The second-order valence-electron chi connectivity index (χ2n) is 5.78.